The van der Waals surface area contributed by atoms with Crippen LogP contribution >= 0.6 is 0 Å². The third-order valence-corrected chi connectivity index (χ3v) is 8.54. The van der Waals surface area contributed by atoms with Crippen LogP contribution in [0.1, 0.15) is 51.4 Å². The maximum absolute atomic E-state index is 13.4. The molecule has 1 saturated carbocycles. The van der Waals surface area contributed by atoms with Crippen molar-refractivity contribution in [2.24, 2.45) is 11.7 Å². The average Bonchev–Trinajstić information content (AvgIpc) is 3.31. The Morgan fingerprint density at radius 2 is 1.84 bits per heavy atom. The van der Waals surface area contributed by atoms with Crippen molar-refractivity contribution in [3.8, 4) is 0 Å². The molecule has 4 rings (SSSR count). The number of halogens is 1. The first-order valence-electron chi connectivity index (χ1n) is 12.6. The summed E-state index contributed by atoms with van der Waals surface area (Å²) in [4.78, 5) is 52.4. The molecular formula is C25H31FN4O7S. The number of hydrogen-bond donors (Lipinski definition) is 3. The number of nitrogens with zero attached hydrogens (tertiary/aromatic N) is 1. The number of primary amides is 1. The molecule has 4 atom stereocenters. The number of amides is 4. The van der Waals surface area contributed by atoms with Gasteiger partial charge in [0, 0.05) is 12.5 Å². The molecule has 206 valence electrons. The van der Waals surface area contributed by atoms with Crippen molar-refractivity contribution >= 4 is 33.8 Å². The summed E-state index contributed by atoms with van der Waals surface area (Å²) in [6, 6.07) is 3.08. The van der Waals surface area contributed by atoms with Crippen molar-refractivity contribution in [1.29, 1.82) is 0 Å². The summed E-state index contributed by atoms with van der Waals surface area (Å²) < 4.78 is 45.9. The van der Waals surface area contributed by atoms with E-state index >= 15 is 0 Å². The van der Waals surface area contributed by atoms with E-state index in [0.717, 1.165) is 37.1 Å². The largest absolute Gasteiger partial charge is 0.436 e. The number of ether oxygens (including phenoxy) is 1. The van der Waals surface area contributed by atoms with Crippen LogP contribution in [0.5, 0.6) is 0 Å². The molecule has 38 heavy (non-hydrogen) atoms. The lowest BCUT2D eigenvalue weighted by atomic mass is 10.1. The standard InChI is InChI=1S/C25H31FN4O7S/c26-17-10-12-18(13-11-17)38(35,36)29-23(33)25-15-16(25)7-4-2-1-3-5-9-20(37-24(27)34)22(32)30-14-6-8-19(30)21(31)28-25/h4,7,10-13,16,19-20H,1-3,5-6,8-9,14-15H2,(H2,27,34)(H,28,31)(H,29,33)/b7-4+. The van der Waals surface area contributed by atoms with Crippen LogP contribution in [0.4, 0.5) is 9.18 Å². The van der Waals surface area contributed by atoms with Gasteiger partial charge in [-0.05, 0) is 69.2 Å². The number of benzene rings is 1. The van der Waals surface area contributed by atoms with Gasteiger partial charge in [-0.3, -0.25) is 14.4 Å². The Labute approximate surface area is 220 Å². The van der Waals surface area contributed by atoms with E-state index in [1.165, 1.54) is 4.90 Å². The van der Waals surface area contributed by atoms with Gasteiger partial charge in [0.15, 0.2) is 6.10 Å². The van der Waals surface area contributed by atoms with Crippen molar-refractivity contribution in [1.82, 2.24) is 14.9 Å². The van der Waals surface area contributed by atoms with Crippen molar-refractivity contribution in [2.45, 2.75) is 73.9 Å². The number of allylic oxidation sites excluding steroid dienone is 1. The minimum Gasteiger partial charge on any atom is -0.436 e. The fourth-order valence-corrected chi connectivity index (χ4v) is 6.10. The molecule has 4 amide bonds. The van der Waals surface area contributed by atoms with Crippen LogP contribution in [0.25, 0.3) is 0 Å². The van der Waals surface area contributed by atoms with Crippen LogP contribution in [0.15, 0.2) is 41.3 Å². The highest BCUT2D eigenvalue weighted by Crippen LogP contribution is 2.45. The number of hydrogen-bond acceptors (Lipinski definition) is 7. The van der Waals surface area contributed by atoms with E-state index in [2.05, 4.69) is 5.32 Å². The highest BCUT2D eigenvalue weighted by Gasteiger charge is 2.61. The van der Waals surface area contributed by atoms with Gasteiger partial charge in [-0.2, -0.15) is 0 Å². The number of carbonyl (C=O) groups excluding carboxylic acids is 4. The number of fused-ring (bicyclic) bond motifs is 2. The first-order valence-corrected chi connectivity index (χ1v) is 14.1. The molecule has 1 aromatic carbocycles. The van der Waals surface area contributed by atoms with Gasteiger partial charge >= 0.3 is 6.09 Å². The Morgan fingerprint density at radius 1 is 1.11 bits per heavy atom. The number of rotatable bonds is 4. The Kier molecular flexibility index (Phi) is 8.05. The molecule has 4 unspecified atom stereocenters. The van der Waals surface area contributed by atoms with Gasteiger partial charge < -0.3 is 20.7 Å². The Balaban J connectivity index is 1.58. The third kappa shape index (κ3) is 5.98. The van der Waals surface area contributed by atoms with Gasteiger partial charge in [0.25, 0.3) is 21.8 Å². The third-order valence-electron chi connectivity index (χ3n) is 7.20. The lowest BCUT2D eigenvalue weighted by molar-refractivity contribution is -0.146. The van der Waals surface area contributed by atoms with E-state index in [1.807, 2.05) is 10.8 Å². The lowest BCUT2D eigenvalue weighted by Gasteiger charge is -2.29. The van der Waals surface area contributed by atoms with Crippen molar-refractivity contribution in [2.75, 3.05) is 6.54 Å². The highest BCUT2D eigenvalue weighted by atomic mass is 32.2. The summed E-state index contributed by atoms with van der Waals surface area (Å²) in [5, 5.41) is 2.71. The van der Waals surface area contributed by atoms with Crippen molar-refractivity contribution in [3.05, 3.63) is 42.2 Å². The maximum atomic E-state index is 13.4. The molecule has 4 N–H and O–H groups in total. The van der Waals surface area contributed by atoms with Gasteiger partial charge in [0.1, 0.15) is 17.4 Å². The van der Waals surface area contributed by atoms with Crippen molar-refractivity contribution in [3.63, 3.8) is 0 Å². The van der Waals surface area contributed by atoms with Gasteiger partial charge in [0.05, 0.1) is 4.90 Å². The van der Waals surface area contributed by atoms with E-state index < -0.39 is 63.3 Å². The monoisotopic (exact) mass is 550 g/mol. The first kappa shape index (κ1) is 27.6. The van der Waals surface area contributed by atoms with E-state index in [0.29, 0.717) is 25.7 Å². The second kappa shape index (κ2) is 11.1. The molecular weight excluding hydrogens is 519 g/mol. The summed E-state index contributed by atoms with van der Waals surface area (Å²) in [7, 11) is -4.33. The Hall–Kier alpha value is -3.48. The van der Waals surface area contributed by atoms with Crippen LogP contribution < -0.4 is 15.8 Å². The summed E-state index contributed by atoms with van der Waals surface area (Å²) >= 11 is 0. The fraction of sp³-hybridized carbons (Fsp3) is 0.520. The maximum Gasteiger partial charge on any atom is 0.405 e. The summed E-state index contributed by atoms with van der Waals surface area (Å²) in [6.45, 7) is 0.261. The molecule has 2 fully saturated rings. The van der Waals surface area contributed by atoms with E-state index in [-0.39, 0.29) is 24.3 Å². The molecule has 0 aromatic heterocycles. The normalized spacial score (nSPS) is 29.1. The zero-order chi connectivity index (χ0) is 27.5. The fourth-order valence-electron chi connectivity index (χ4n) is 5.06. The molecule has 2 aliphatic heterocycles. The molecule has 0 radical (unpaired) electrons. The number of nitrogens with two attached hydrogens (primary N) is 1. The minimum atomic E-state index is -4.33. The van der Waals surface area contributed by atoms with E-state index in [1.54, 1.807) is 6.08 Å². The number of carbonyl (C=O) groups is 4. The molecule has 1 aliphatic carbocycles. The van der Waals surface area contributed by atoms with Crippen LogP contribution in [0, 0.1) is 11.7 Å². The van der Waals surface area contributed by atoms with Gasteiger partial charge in [0.2, 0.25) is 5.91 Å². The smallest absolute Gasteiger partial charge is 0.405 e. The Bertz CT molecular complexity index is 1240. The summed E-state index contributed by atoms with van der Waals surface area (Å²) in [6.07, 6.45) is 5.57. The second-order valence-corrected chi connectivity index (χ2v) is 11.5. The van der Waals surface area contributed by atoms with Gasteiger partial charge in [-0.15, -0.1) is 0 Å². The zero-order valence-corrected chi connectivity index (χ0v) is 21.5. The number of nitrogens with one attached hydrogen (secondary N) is 2. The molecule has 1 aromatic rings. The van der Waals surface area contributed by atoms with Crippen molar-refractivity contribution < 1.29 is 36.7 Å². The molecule has 13 heteroatoms. The van der Waals surface area contributed by atoms with Crippen LogP contribution in [0.3, 0.4) is 0 Å². The quantitative estimate of drug-likeness (QED) is 0.478. The molecule has 3 aliphatic rings. The van der Waals surface area contributed by atoms with E-state index in [9.17, 15) is 32.0 Å². The summed E-state index contributed by atoms with van der Waals surface area (Å²) in [5.41, 5.74) is 3.65. The van der Waals surface area contributed by atoms with Gasteiger partial charge in [-0.1, -0.05) is 18.6 Å². The molecule has 1 saturated heterocycles. The van der Waals surface area contributed by atoms with Crippen LogP contribution in [-0.4, -0.2) is 61.4 Å². The molecule has 0 bridgehead atoms. The zero-order valence-electron chi connectivity index (χ0n) is 20.7. The molecule has 11 nitrogen and oxygen atoms in total. The molecule has 2 heterocycles. The first-order chi connectivity index (χ1) is 18.0. The van der Waals surface area contributed by atoms with Gasteiger partial charge in [-0.25, -0.2) is 22.3 Å². The molecule has 0 spiro atoms. The van der Waals surface area contributed by atoms with E-state index in [4.69, 9.17) is 10.5 Å². The minimum absolute atomic E-state index is 0.175. The number of sulfonamides is 1. The van der Waals surface area contributed by atoms with Crippen LogP contribution in [0.2, 0.25) is 0 Å². The lowest BCUT2D eigenvalue weighted by Crippen LogP contribution is -2.57. The predicted molar refractivity (Wildman–Crippen MR) is 132 cm³/mol. The average molecular weight is 551 g/mol. The topological polar surface area (TPSA) is 165 Å². The Morgan fingerprint density at radius 3 is 2.55 bits per heavy atom. The summed E-state index contributed by atoms with van der Waals surface area (Å²) in [5.74, 6) is -3.13. The predicted octanol–water partition coefficient (Wildman–Crippen LogP) is 1.48. The SMILES string of the molecule is NC(=O)OC1CCCCC/C=C/C2CC2(C(=O)NS(=O)(=O)c2ccc(F)cc2)NC(=O)C2CCCN2C1=O. The highest BCUT2D eigenvalue weighted by molar-refractivity contribution is 7.90. The second-order valence-electron chi connectivity index (χ2n) is 9.84. The van der Waals surface area contributed by atoms with Crippen LogP contribution in [-0.2, 0) is 29.1 Å².